The predicted octanol–water partition coefficient (Wildman–Crippen LogP) is -0.169. The average Bonchev–Trinajstić information content (AvgIpc) is 2.39. The van der Waals surface area contributed by atoms with Gasteiger partial charge in [0.1, 0.15) is 12.1 Å². The molecule has 1 saturated heterocycles. The minimum atomic E-state index is -0.506. The van der Waals surface area contributed by atoms with E-state index in [2.05, 4.69) is 0 Å². The minimum Gasteiger partial charge on any atom is -0.398 e. The Balaban J connectivity index is 2.34. The summed E-state index contributed by atoms with van der Waals surface area (Å²) < 4.78 is 5.24. The summed E-state index contributed by atoms with van der Waals surface area (Å²) in [7, 11) is 0. The van der Waals surface area contributed by atoms with Crippen molar-refractivity contribution in [2.24, 2.45) is 5.73 Å². The lowest BCUT2D eigenvalue weighted by Crippen LogP contribution is -2.52. The van der Waals surface area contributed by atoms with Crippen LogP contribution in [0.4, 0.5) is 11.4 Å². The Labute approximate surface area is 105 Å². The smallest absolute Gasteiger partial charge is 0.242 e. The first-order valence-corrected chi connectivity index (χ1v) is 5.57. The van der Waals surface area contributed by atoms with Crippen LogP contribution in [0.25, 0.3) is 0 Å². The van der Waals surface area contributed by atoms with E-state index in [1.54, 1.807) is 18.2 Å². The van der Waals surface area contributed by atoms with Gasteiger partial charge in [0.25, 0.3) is 0 Å². The standard InChI is InChI=1S/C12H14N4O2/c13-6-8-5-9(1-2-10(8)14)16-3-4-18-7-11(16)12(15)17/h1-2,5,11H,3-4,7,14H2,(H2,15,17). The van der Waals surface area contributed by atoms with Crippen LogP contribution in [0, 0.1) is 11.3 Å². The summed E-state index contributed by atoms with van der Waals surface area (Å²) >= 11 is 0. The molecule has 0 saturated carbocycles. The molecule has 1 aliphatic heterocycles. The number of rotatable bonds is 2. The maximum absolute atomic E-state index is 11.4. The zero-order chi connectivity index (χ0) is 13.1. The first-order chi connectivity index (χ1) is 8.63. The molecule has 0 spiro atoms. The molecule has 1 aromatic rings. The van der Waals surface area contributed by atoms with Gasteiger partial charge in [0.15, 0.2) is 0 Å². The number of primary amides is 1. The second-order valence-corrected chi connectivity index (χ2v) is 4.07. The largest absolute Gasteiger partial charge is 0.398 e. The quantitative estimate of drug-likeness (QED) is 0.705. The molecule has 18 heavy (non-hydrogen) atoms. The Bertz CT molecular complexity index is 509. The fourth-order valence-corrected chi connectivity index (χ4v) is 1.97. The number of carbonyl (C=O) groups is 1. The highest BCUT2D eigenvalue weighted by molar-refractivity contribution is 5.84. The van der Waals surface area contributed by atoms with E-state index in [-0.39, 0.29) is 6.61 Å². The molecule has 0 bridgehead atoms. The van der Waals surface area contributed by atoms with E-state index >= 15 is 0 Å². The van der Waals surface area contributed by atoms with Crippen molar-refractivity contribution < 1.29 is 9.53 Å². The molecule has 6 heteroatoms. The zero-order valence-electron chi connectivity index (χ0n) is 9.80. The van der Waals surface area contributed by atoms with Crippen molar-refractivity contribution in [2.75, 3.05) is 30.4 Å². The van der Waals surface area contributed by atoms with Crippen molar-refractivity contribution in [1.29, 1.82) is 5.26 Å². The molecule has 1 heterocycles. The third-order valence-electron chi connectivity index (χ3n) is 2.95. The van der Waals surface area contributed by atoms with E-state index in [0.717, 1.165) is 5.69 Å². The normalized spacial score (nSPS) is 19.3. The van der Waals surface area contributed by atoms with E-state index in [1.165, 1.54) is 0 Å². The van der Waals surface area contributed by atoms with Crippen LogP contribution in [0.2, 0.25) is 0 Å². The molecule has 1 amide bonds. The fourth-order valence-electron chi connectivity index (χ4n) is 1.97. The molecule has 4 N–H and O–H groups in total. The number of amides is 1. The first-order valence-electron chi connectivity index (χ1n) is 5.57. The van der Waals surface area contributed by atoms with Gasteiger partial charge >= 0.3 is 0 Å². The Kier molecular flexibility index (Phi) is 3.35. The van der Waals surface area contributed by atoms with Gasteiger partial charge in [-0.15, -0.1) is 0 Å². The molecule has 6 nitrogen and oxygen atoms in total. The van der Waals surface area contributed by atoms with E-state index in [0.29, 0.717) is 24.4 Å². The lowest BCUT2D eigenvalue weighted by Gasteiger charge is -2.35. The molecule has 1 unspecified atom stereocenters. The van der Waals surface area contributed by atoms with Gasteiger partial charge in [-0.2, -0.15) is 5.26 Å². The number of hydrogen-bond acceptors (Lipinski definition) is 5. The Morgan fingerprint density at radius 3 is 3.00 bits per heavy atom. The molecular formula is C12H14N4O2. The van der Waals surface area contributed by atoms with Gasteiger partial charge in [-0.3, -0.25) is 4.79 Å². The van der Waals surface area contributed by atoms with Gasteiger partial charge in [0.2, 0.25) is 5.91 Å². The van der Waals surface area contributed by atoms with Crippen LogP contribution in [-0.2, 0) is 9.53 Å². The summed E-state index contributed by atoms with van der Waals surface area (Å²) in [5.41, 5.74) is 12.6. The molecular weight excluding hydrogens is 232 g/mol. The van der Waals surface area contributed by atoms with Crippen molar-refractivity contribution in [3.8, 4) is 6.07 Å². The number of carbonyl (C=O) groups excluding carboxylic acids is 1. The highest BCUT2D eigenvalue weighted by atomic mass is 16.5. The lowest BCUT2D eigenvalue weighted by atomic mass is 10.1. The number of nitriles is 1. The van der Waals surface area contributed by atoms with Gasteiger partial charge in [-0.25, -0.2) is 0 Å². The zero-order valence-corrected chi connectivity index (χ0v) is 9.80. The van der Waals surface area contributed by atoms with Gasteiger partial charge in [-0.1, -0.05) is 0 Å². The number of nitrogens with zero attached hydrogens (tertiary/aromatic N) is 2. The van der Waals surface area contributed by atoms with E-state index in [9.17, 15) is 4.79 Å². The third kappa shape index (κ3) is 2.21. The summed E-state index contributed by atoms with van der Waals surface area (Å²) in [4.78, 5) is 13.2. The summed E-state index contributed by atoms with van der Waals surface area (Å²) in [6.45, 7) is 1.35. The molecule has 0 aliphatic carbocycles. The summed E-state index contributed by atoms with van der Waals surface area (Å²) in [6.07, 6.45) is 0. The van der Waals surface area contributed by atoms with Gasteiger partial charge in [0, 0.05) is 17.9 Å². The molecule has 1 atom stereocenters. The molecule has 1 aliphatic rings. The summed E-state index contributed by atoms with van der Waals surface area (Å²) in [5.74, 6) is -0.440. The van der Waals surface area contributed by atoms with Crippen LogP contribution in [0.1, 0.15) is 5.56 Å². The Morgan fingerprint density at radius 2 is 2.33 bits per heavy atom. The average molecular weight is 246 g/mol. The second-order valence-electron chi connectivity index (χ2n) is 4.07. The number of nitrogens with two attached hydrogens (primary N) is 2. The summed E-state index contributed by atoms with van der Waals surface area (Å²) in [5, 5.41) is 8.95. The second kappa shape index (κ2) is 4.94. The SMILES string of the molecule is N#Cc1cc(N2CCOCC2C(N)=O)ccc1N. The number of ether oxygens (including phenoxy) is 1. The van der Waals surface area contributed by atoms with Crippen molar-refractivity contribution in [1.82, 2.24) is 0 Å². The molecule has 2 rings (SSSR count). The fraction of sp³-hybridized carbons (Fsp3) is 0.333. The Hall–Kier alpha value is -2.26. The third-order valence-corrected chi connectivity index (χ3v) is 2.95. The first kappa shape index (κ1) is 12.2. The maximum Gasteiger partial charge on any atom is 0.242 e. The van der Waals surface area contributed by atoms with E-state index < -0.39 is 11.9 Å². The van der Waals surface area contributed by atoms with Gasteiger partial charge in [-0.05, 0) is 18.2 Å². The molecule has 1 aromatic carbocycles. The van der Waals surface area contributed by atoms with Crippen LogP contribution in [-0.4, -0.2) is 31.7 Å². The van der Waals surface area contributed by atoms with Crippen molar-refractivity contribution in [2.45, 2.75) is 6.04 Å². The monoisotopic (exact) mass is 246 g/mol. The Morgan fingerprint density at radius 1 is 1.56 bits per heavy atom. The van der Waals surface area contributed by atoms with E-state index in [1.807, 2.05) is 11.0 Å². The van der Waals surface area contributed by atoms with Crippen LogP contribution >= 0.6 is 0 Å². The molecule has 0 radical (unpaired) electrons. The number of benzene rings is 1. The molecule has 1 fully saturated rings. The maximum atomic E-state index is 11.4. The predicted molar refractivity (Wildman–Crippen MR) is 66.7 cm³/mol. The lowest BCUT2D eigenvalue weighted by molar-refractivity contribution is -0.121. The highest BCUT2D eigenvalue weighted by Crippen LogP contribution is 2.24. The molecule has 0 aromatic heterocycles. The minimum absolute atomic E-state index is 0.265. The van der Waals surface area contributed by atoms with Crippen molar-refractivity contribution in [3.63, 3.8) is 0 Å². The topological polar surface area (TPSA) is 105 Å². The summed E-state index contributed by atoms with van der Waals surface area (Å²) in [6, 6.07) is 6.61. The van der Waals surface area contributed by atoms with Crippen LogP contribution in [0.15, 0.2) is 18.2 Å². The van der Waals surface area contributed by atoms with Gasteiger partial charge < -0.3 is 21.1 Å². The van der Waals surface area contributed by atoms with Crippen LogP contribution in [0.5, 0.6) is 0 Å². The van der Waals surface area contributed by atoms with Crippen molar-refractivity contribution >= 4 is 17.3 Å². The molecule has 94 valence electrons. The van der Waals surface area contributed by atoms with Gasteiger partial charge in [0.05, 0.1) is 18.8 Å². The number of anilines is 2. The number of nitrogen functional groups attached to an aromatic ring is 1. The number of morpholine rings is 1. The number of hydrogen-bond donors (Lipinski definition) is 2. The highest BCUT2D eigenvalue weighted by Gasteiger charge is 2.28. The van der Waals surface area contributed by atoms with E-state index in [4.69, 9.17) is 21.5 Å². The van der Waals surface area contributed by atoms with Crippen molar-refractivity contribution in [3.05, 3.63) is 23.8 Å². The van der Waals surface area contributed by atoms with Crippen LogP contribution in [0.3, 0.4) is 0 Å². The van der Waals surface area contributed by atoms with Crippen LogP contribution < -0.4 is 16.4 Å².